The van der Waals surface area contributed by atoms with Crippen molar-refractivity contribution in [3.63, 3.8) is 0 Å². The Morgan fingerprint density at radius 2 is 2.00 bits per heavy atom. The van der Waals surface area contributed by atoms with Gasteiger partial charge in [0.15, 0.2) is 0 Å². The third-order valence-corrected chi connectivity index (χ3v) is 4.21. The van der Waals surface area contributed by atoms with Crippen LogP contribution < -0.4 is 5.84 Å². The van der Waals surface area contributed by atoms with E-state index < -0.39 is 0 Å². The third-order valence-electron chi connectivity index (χ3n) is 2.65. The summed E-state index contributed by atoms with van der Waals surface area (Å²) < 4.78 is 0. The minimum Gasteiger partial charge on any atom is -0.323 e. The summed E-state index contributed by atoms with van der Waals surface area (Å²) in [6.45, 7) is 4.48. The van der Waals surface area contributed by atoms with Crippen LogP contribution in [0.2, 0.25) is 0 Å². The van der Waals surface area contributed by atoms with E-state index in [0.29, 0.717) is 5.92 Å². The van der Waals surface area contributed by atoms with Crippen molar-refractivity contribution in [2.45, 2.75) is 46.0 Å². The van der Waals surface area contributed by atoms with Gasteiger partial charge in [-0.1, -0.05) is 33.1 Å². The van der Waals surface area contributed by atoms with Crippen molar-refractivity contribution in [1.29, 1.82) is 0 Å². The van der Waals surface area contributed by atoms with Gasteiger partial charge < -0.3 is 5.84 Å². The van der Waals surface area contributed by atoms with Gasteiger partial charge in [0, 0.05) is 11.7 Å². The van der Waals surface area contributed by atoms with Crippen LogP contribution in [0.25, 0.3) is 0 Å². The van der Waals surface area contributed by atoms with Gasteiger partial charge in [0.05, 0.1) is 5.04 Å². The molecular formula is C11H22N2S. The summed E-state index contributed by atoms with van der Waals surface area (Å²) in [5.74, 6) is 7.99. The Hall–Kier alpha value is -0.180. The first-order valence-electron chi connectivity index (χ1n) is 5.64. The summed E-state index contributed by atoms with van der Waals surface area (Å²) in [5.41, 5.74) is 0. The lowest BCUT2D eigenvalue weighted by molar-refractivity contribution is 0.442. The fraction of sp³-hybridized carbons (Fsp3) is 0.909. The lowest BCUT2D eigenvalue weighted by atomic mass is 9.90. The van der Waals surface area contributed by atoms with Gasteiger partial charge in [-0.05, 0) is 18.8 Å². The largest absolute Gasteiger partial charge is 0.323 e. The first kappa shape index (κ1) is 11.9. The van der Waals surface area contributed by atoms with Crippen molar-refractivity contribution in [1.82, 2.24) is 0 Å². The van der Waals surface area contributed by atoms with Gasteiger partial charge in [-0.25, -0.2) is 0 Å². The first-order valence-corrected chi connectivity index (χ1v) is 6.63. The molecule has 0 aromatic carbocycles. The van der Waals surface area contributed by atoms with Crippen molar-refractivity contribution in [3.05, 3.63) is 0 Å². The Bertz CT molecular complexity index is 184. The second kappa shape index (κ2) is 6.33. The quantitative estimate of drug-likeness (QED) is 0.339. The molecule has 3 heteroatoms. The topological polar surface area (TPSA) is 38.4 Å². The molecule has 1 rings (SSSR count). The molecule has 0 amide bonds. The Balaban J connectivity index is 2.36. The zero-order valence-electron chi connectivity index (χ0n) is 9.33. The highest BCUT2D eigenvalue weighted by Crippen LogP contribution is 2.29. The Morgan fingerprint density at radius 1 is 1.36 bits per heavy atom. The molecule has 0 atom stereocenters. The number of nitrogens with zero attached hydrogens (tertiary/aromatic N) is 1. The molecule has 2 N–H and O–H groups in total. The van der Waals surface area contributed by atoms with Crippen molar-refractivity contribution < 1.29 is 0 Å². The monoisotopic (exact) mass is 214 g/mol. The van der Waals surface area contributed by atoms with Crippen LogP contribution in [-0.4, -0.2) is 10.8 Å². The van der Waals surface area contributed by atoms with E-state index in [0.717, 1.165) is 11.7 Å². The van der Waals surface area contributed by atoms with Gasteiger partial charge in [-0.3, -0.25) is 0 Å². The smallest absolute Gasteiger partial charge is 0.0959 e. The number of hydrogen-bond donors (Lipinski definition) is 1. The number of hydrogen-bond acceptors (Lipinski definition) is 3. The van der Waals surface area contributed by atoms with Crippen LogP contribution in [0.15, 0.2) is 5.10 Å². The molecule has 1 aliphatic rings. The fourth-order valence-electron chi connectivity index (χ4n) is 1.86. The van der Waals surface area contributed by atoms with Gasteiger partial charge in [-0.15, -0.1) is 11.8 Å². The molecule has 0 aliphatic heterocycles. The van der Waals surface area contributed by atoms with E-state index in [9.17, 15) is 0 Å². The standard InChI is InChI=1S/C11H22N2S/c1-9(2)8-14-11(13-12)10-6-4-3-5-7-10/h9-10H,3-8,12H2,1-2H3/b13-11-. The van der Waals surface area contributed by atoms with E-state index in [2.05, 4.69) is 18.9 Å². The highest BCUT2D eigenvalue weighted by molar-refractivity contribution is 8.14. The summed E-state index contributed by atoms with van der Waals surface area (Å²) >= 11 is 1.86. The third kappa shape index (κ3) is 3.91. The van der Waals surface area contributed by atoms with E-state index in [1.165, 1.54) is 37.1 Å². The van der Waals surface area contributed by atoms with E-state index in [-0.39, 0.29) is 0 Å². The molecule has 0 unspecified atom stereocenters. The Labute approximate surface area is 91.7 Å². The summed E-state index contributed by atoms with van der Waals surface area (Å²) in [5, 5.41) is 5.16. The molecule has 0 saturated heterocycles. The van der Waals surface area contributed by atoms with Gasteiger partial charge in [0.2, 0.25) is 0 Å². The zero-order chi connectivity index (χ0) is 10.4. The summed E-state index contributed by atoms with van der Waals surface area (Å²) in [6, 6.07) is 0. The lowest BCUT2D eigenvalue weighted by Gasteiger charge is -2.22. The SMILES string of the molecule is CC(C)CS/C(=N\N)C1CCCCC1. The molecule has 2 nitrogen and oxygen atoms in total. The predicted octanol–water partition coefficient (Wildman–Crippen LogP) is 3.23. The predicted molar refractivity (Wildman–Crippen MR) is 65.5 cm³/mol. The van der Waals surface area contributed by atoms with Crippen molar-refractivity contribution in [2.75, 3.05) is 5.75 Å². The van der Waals surface area contributed by atoms with Crippen LogP contribution in [-0.2, 0) is 0 Å². The number of hydrazone groups is 1. The van der Waals surface area contributed by atoms with Gasteiger partial charge >= 0.3 is 0 Å². The maximum absolute atomic E-state index is 5.46. The molecule has 0 spiro atoms. The molecule has 1 fully saturated rings. The summed E-state index contributed by atoms with van der Waals surface area (Å²) in [4.78, 5) is 0. The normalized spacial score (nSPS) is 20.4. The second-order valence-electron chi connectivity index (χ2n) is 4.51. The molecule has 0 bridgehead atoms. The summed E-state index contributed by atoms with van der Waals surface area (Å²) in [7, 11) is 0. The number of rotatable bonds is 3. The molecule has 1 saturated carbocycles. The van der Waals surface area contributed by atoms with Crippen LogP contribution >= 0.6 is 11.8 Å². The molecule has 0 radical (unpaired) electrons. The molecule has 0 aromatic heterocycles. The van der Waals surface area contributed by atoms with Gasteiger partial charge in [0.1, 0.15) is 0 Å². The van der Waals surface area contributed by atoms with Crippen LogP contribution in [0.3, 0.4) is 0 Å². The maximum atomic E-state index is 5.46. The van der Waals surface area contributed by atoms with E-state index >= 15 is 0 Å². The Morgan fingerprint density at radius 3 is 2.50 bits per heavy atom. The van der Waals surface area contributed by atoms with Gasteiger partial charge in [0.25, 0.3) is 0 Å². The number of thioether (sulfide) groups is 1. The average Bonchev–Trinajstić information content (AvgIpc) is 2.20. The highest BCUT2D eigenvalue weighted by atomic mass is 32.2. The number of nitrogens with two attached hydrogens (primary N) is 1. The first-order chi connectivity index (χ1) is 6.74. The van der Waals surface area contributed by atoms with E-state index in [1.54, 1.807) is 0 Å². The molecule has 0 aromatic rings. The lowest BCUT2D eigenvalue weighted by Crippen LogP contribution is -2.17. The molecular weight excluding hydrogens is 192 g/mol. The van der Waals surface area contributed by atoms with E-state index in [1.807, 2.05) is 11.8 Å². The zero-order valence-corrected chi connectivity index (χ0v) is 10.1. The minimum atomic E-state index is 0.664. The van der Waals surface area contributed by atoms with E-state index in [4.69, 9.17) is 5.84 Å². The van der Waals surface area contributed by atoms with Crippen LogP contribution in [0.1, 0.15) is 46.0 Å². The van der Waals surface area contributed by atoms with Crippen LogP contribution in [0.4, 0.5) is 0 Å². The maximum Gasteiger partial charge on any atom is 0.0959 e. The fourth-order valence-corrected chi connectivity index (χ4v) is 2.91. The Kier molecular flexibility index (Phi) is 5.38. The summed E-state index contributed by atoms with van der Waals surface area (Å²) in [6.07, 6.45) is 6.68. The van der Waals surface area contributed by atoms with Crippen molar-refractivity contribution in [3.8, 4) is 0 Å². The molecule has 14 heavy (non-hydrogen) atoms. The second-order valence-corrected chi connectivity index (χ2v) is 5.55. The van der Waals surface area contributed by atoms with Crippen LogP contribution in [0, 0.1) is 11.8 Å². The van der Waals surface area contributed by atoms with Crippen molar-refractivity contribution >= 4 is 16.8 Å². The molecule has 0 heterocycles. The average molecular weight is 214 g/mol. The molecule has 1 aliphatic carbocycles. The van der Waals surface area contributed by atoms with Gasteiger partial charge in [-0.2, -0.15) is 5.10 Å². The van der Waals surface area contributed by atoms with Crippen LogP contribution in [0.5, 0.6) is 0 Å². The molecule has 82 valence electrons. The minimum absolute atomic E-state index is 0.664. The highest BCUT2D eigenvalue weighted by Gasteiger charge is 2.19. The van der Waals surface area contributed by atoms with Crippen molar-refractivity contribution in [2.24, 2.45) is 22.8 Å².